The lowest BCUT2D eigenvalue weighted by Crippen LogP contribution is -2.54. The lowest BCUT2D eigenvalue weighted by molar-refractivity contribution is -0.139. The van der Waals surface area contributed by atoms with Crippen molar-refractivity contribution in [3.8, 4) is 11.5 Å². The molecule has 7 nitrogen and oxygen atoms in total. The number of rotatable bonds is 6. The molecular formula is C16H20N2O5. The number of nitrogens with zero attached hydrogens (tertiary/aromatic N) is 1. The van der Waals surface area contributed by atoms with Crippen molar-refractivity contribution >= 4 is 11.9 Å². The zero-order valence-corrected chi connectivity index (χ0v) is 12.9. The van der Waals surface area contributed by atoms with E-state index in [0.29, 0.717) is 23.6 Å². The molecule has 0 aromatic heterocycles. The van der Waals surface area contributed by atoms with E-state index in [1.165, 1.54) is 0 Å². The predicted molar refractivity (Wildman–Crippen MR) is 81.7 cm³/mol. The second-order valence-corrected chi connectivity index (χ2v) is 5.82. The largest absolute Gasteiger partial charge is 0.480 e. The van der Waals surface area contributed by atoms with Crippen molar-refractivity contribution in [1.82, 2.24) is 10.2 Å². The van der Waals surface area contributed by atoms with Crippen molar-refractivity contribution in [2.45, 2.75) is 31.8 Å². The number of amides is 1. The summed E-state index contributed by atoms with van der Waals surface area (Å²) in [6.07, 6.45) is 1.55. The van der Waals surface area contributed by atoms with Gasteiger partial charge in [-0.25, -0.2) is 0 Å². The highest BCUT2D eigenvalue weighted by atomic mass is 16.7. The molecule has 0 unspecified atom stereocenters. The van der Waals surface area contributed by atoms with E-state index in [-0.39, 0.29) is 31.3 Å². The maximum Gasteiger partial charge on any atom is 0.317 e. The fourth-order valence-electron chi connectivity index (χ4n) is 2.98. The second kappa shape index (κ2) is 6.45. The third-order valence-electron chi connectivity index (χ3n) is 4.34. The van der Waals surface area contributed by atoms with Crippen LogP contribution in [-0.4, -0.2) is 53.8 Å². The molecule has 0 bridgehead atoms. The number of carbonyl (C=O) groups excluding carboxylic acids is 1. The van der Waals surface area contributed by atoms with Gasteiger partial charge in [0, 0.05) is 17.6 Å². The molecule has 0 spiro atoms. The summed E-state index contributed by atoms with van der Waals surface area (Å²) >= 11 is 0. The van der Waals surface area contributed by atoms with Crippen LogP contribution in [-0.2, 0) is 4.79 Å². The van der Waals surface area contributed by atoms with E-state index in [1.54, 1.807) is 18.2 Å². The number of hydrogen-bond acceptors (Lipinski definition) is 5. The monoisotopic (exact) mass is 320 g/mol. The van der Waals surface area contributed by atoms with Gasteiger partial charge >= 0.3 is 5.97 Å². The number of carboxylic acids is 1. The Morgan fingerprint density at radius 1 is 1.30 bits per heavy atom. The molecule has 0 radical (unpaired) electrons. The summed E-state index contributed by atoms with van der Waals surface area (Å²) in [4.78, 5) is 25.0. The highest BCUT2D eigenvalue weighted by Crippen LogP contribution is 2.33. The topological polar surface area (TPSA) is 88.1 Å². The summed E-state index contributed by atoms with van der Waals surface area (Å²) < 4.78 is 10.5. The molecule has 7 heteroatoms. The minimum Gasteiger partial charge on any atom is -0.480 e. The first-order valence-electron chi connectivity index (χ1n) is 7.73. The number of carbonyl (C=O) groups is 2. The van der Waals surface area contributed by atoms with Crippen molar-refractivity contribution in [1.29, 1.82) is 0 Å². The molecule has 1 heterocycles. The fourth-order valence-corrected chi connectivity index (χ4v) is 2.98. The lowest BCUT2D eigenvalue weighted by Gasteiger charge is -2.42. The minimum absolute atomic E-state index is 0.0456. The predicted octanol–water partition coefficient (Wildman–Crippen LogP) is 1.08. The highest BCUT2D eigenvalue weighted by Gasteiger charge is 2.34. The zero-order valence-electron chi connectivity index (χ0n) is 12.9. The Kier molecular flexibility index (Phi) is 4.38. The summed E-state index contributed by atoms with van der Waals surface area (Å²) in [5, 5.41) is 11.9. The normalized spacial score (nSPS) is 21.8. The van der Waals surface area contributed by atoms with Crippen LogP contribution in [0.4, 0.5) is 0 Å². The van der Waals surface area contributed by atoms with Gasteiger partial charge in [0.2, 0.25) is 6.79 Å². The third kappa shape index (κ3) is 3.39. The van der Waals surface area contributed by atoms with Crippen molar-refractivity contribution in [2.75, 3.05) is 19.9 Å². The Labute approximate surface area is 134 Å². The Morgan fingerprint density at radius 2 is 2.04 bits per heavy atom. The Morgan fingerprint density at radius 3 is 2.74 bits per heavy atom. The summed E-state index contributed by atoms with van der Waals surface area (Å²) in [5.74, 6) is 0.271. The van der Waals surface area contributed by atoms with Gasteiger partial charge in [0.25, 0.3) is 5.91 Å². The first-order valence-corrected chi connectivity index (χ1v) is 7.73. The third-order valence-corrected chi connectivity index (χ3v) is 4.34. The molecule has 0 atom stereocenters. The van der Waals surface area contributed by atoms with Gasteiger partial charge in [0.1, 0.15) is 0 Å². The Balaban J connectivity index is 1.51. The molecule has 1 aliphatic carbocycles. The van der Waals surface area contributed by atoms with Crippen LogP contribution in [0, 0.1) is 0 Å². The second-order valence-electron chi connectivity index (χ2n) is 5.82. The van der Waals surface area contributed by atoms with E-state index >= 15 is 0 Å². The molecule has 124 valence electrons. The zero-order chi connectivity index (χ0) is 16.4. The Hall–Kier alpha value is -2.28. The average molecular weight is 320 g/mol. The molecule has 0 saturated heterocycles. The van der Waals surface area contributed by atoms with Gasteiger partial charge in [-0.3, -0.25) is 14.5 Å². The van der Waals surface area contributed by atoms with Gasteiger partial charge in [-0.15, -0.1) is 0 Å². The quantitative estimate of drug-likeness (QED) is 0.815. The molecule has 1 aromatic carbocycles. The van der Waals surface area contributed by atoms with Crippen LogP contribution in [0.1, 0.15) is 30.1 Å². The Bertz CT molecular complexity index is 612. The highest BCUT2D eigenvalue weighted by molar-refractivity contribution is 5.95. The molecule has 2 N–H and O–H groups in total. The van der Waals surface area contributed by atoms with Crippen molar-refractivity contribution in [3.05, 3.63) is 23.8 Å². The van der Waals surface area contributed by atoms with Gasteiger partial charge in [0.15, 0.2) is 11.5 Å². The lowest BCUT2D eigenvalue weighted by atomic mass is 9.85. The molecule has 1 fully saturated rings. The molecular weight excluding hydrogens is 300 g/mol. The van der Waals surface area contributed by atoms with Gasteiger partial charge in [0.05, 0.1) is 6.54 Å². The molecule has 2 aliphatic rings. The van der Waals surface area contributed by atoms with Crippen LogP contribution in [0.15, 0.2) is 18.2 Å². The van der Waals surface area contributed by atoms with E-state index < -0.39 is 5.97 Å². The van der Waals surface area contributed by atoms with E-state index in [0.717, 1.165) is 12.8 Å². The van der Waals surface area contributed by atoms with Crippen LogP contribution in [0.5, 0.6) is 11.5 Å². The van der Waals surface area contributed by atoms with Gasteiger partial charge in [-0.1, -0.05) is 6.92 Å². The average Bonchev–Trinajstić information content (AvgIpc) is 2.95. The van der Waals surface area contributed by atoms with Crippen LogP contribution in [0.3, 0.4) is 0 Å². The SMILES string of the molecule is CCN(CC(=O)O)C1CC(NC(=O)c2ccc3c(c2)OCO3)C1. The van der Waals surface area contributed by atoms with Gasteiger partial charge in [-0.2, -0.15) is 0 Å². The van der Waals surface area contributed by atoms with E-state index in [9.17, 15) is 9.59 Å². The van der Waals surface area contributed by atoms with E-state index in [2.05, 4.69) is 5.32 Å². The molecule has 1 aliphatic heterocycles. The summed E-state index contributed by atoms with van der Waals surface area (Å²) in [7, 11) is 0. The number of fused-ring (bicyclic) bond motifs is 1. The molecule has 1 saturated carbocycles. The van der Waals surface area contributed by atoms with Crippen molar-refractivity contribution < 1.29 is 24.2 Å². The number of aliphatic carboxylic acids is 1. The number of ether oxygens (including phenoxy) is 2. The van der Waals surface area contributed by atoms with Crippen molar-refractivity contribution in [3.63, 3.8) is 0 Å². The number of benzene rings is 1. The standard InChI is InChI=1S/C16H20N2O5/c1-2-18(8-15(19)20)12-6-11(7-12)17-16(21)10-3-4-13-14(5-10)23-9-22-13/h3-5,11-12H,2,6-9H2,1H3,(H,17,21)(H,19,20). The molecule has 1 aromatic rings. The van der Waals surface area contributed by atoms with E-state index in [1.807, 2.05) is 11.8 Å². The molecule has 23 heavy (non-hydrogen) atoms. The minimum atomic E-state index is -0.820. The number of likely N-dealkylation sites (N-methyl/N-ethyl adjacent to an activating group) is 1. The van der Waals surface area contributed by atoms with Crippen LogP contribution < -0.4 is 14.8 Å². The van der Waals surface area contributed by atoms with Gasteiger partial charge < -0.3 is 19.9 Å². The van der Waals surface area contributed by atoms with E-state index in [4.69, 9.17) is 14.6 Å². The smallest absolute Gasteiger partial charge is 0.317 e. The van der Waals surface area contributed by atoms with Crippen LogP contribution >= 0.6 is 0 Å². The molecule has 3 rings (SSSR count). The van der Waals surface area contributed by atoms with Crippen LogP contribution in [0.2, 0.25) is 0 Å². The number of hydrogen-bond donors (Lipinski definition) is 2. The first kappa shape index (κ1) is 15.6. The number of carboxylic acid groups (broad SMARTS) is 1. The maximum atomic E-state index is 12.3. The van der Waals surface area contributed by atoms with Crippen molar-refractivity contribution in [2.24, 2.45) is 0 Å². The summed E-state index contributed by atoms with van der Waals surface area (Å²) in [5.41, 5.74) is 0.538. The first-order chi connectivity index (χ1) is 11.1. The van der Waals surface area contributed by atoms with Gasteiger partial charge in [-0.05, 0) is 37.6 Å². The summed E-state index contributed by atoms with van der Waals surface area (Å²) in [6, 6.07) is 5.42. The maximum absolute atomic E-state index is 12.3. The van der Waals surface area contributed by atoms with Crippen LogP contribution in [0.25, 0.3) is 0 Å². The number of nitrogens with one attached hydrogen (secondary N) is 1. The summed E-state index contributed by atoms with van der Waals surface area (Å²) in [6.45, 7) is 2.87. The molecule has 1 amide bonds. The fraction of sp³-hybridized carbons (Fsp3) is 0.500.